The van der Waals surface area contributed by atoms with Crippen molar-refractivity contribution < 1.29 is 4.79 Å². The Morgan fingerprint density at radius 1 is 1.42 bits per heavy atom. The van der Waals surface area contributed by atoms with Gasteiger partial charge in [0.2, 0.25) is 0 Å². The van der Waals surface area contributed by atoms with Gasteiger partial charge in [-0.25, -0.2) is 0 Å². The molecule has 0 heterocycles. The van der Waals surface area contributed by atoms with Crippen LogP contribution < -0.4 is 0 Å². The van der Waals surface area contributed by atoms with Gasteiger partial charge in [0.25, 0.3) is 0 Å². The minimum absolute atomic E-state index is 0.0475. The minimum Gasteiger partial charge on any atom is -0.303 e. The van der Waals surface area contributed by atoms with Crippen LogP contribution in [0.15, 0.2) is 0 Å². The zero-order valence-corrected chi connectivity index (χ0v) is 8.63. The Morgan fingerprint density at radius 2 is 2.00 bits per heavy atom. The highest BCUT2D eigenvalue weighted by Gasteiger charge is 2.45. The summed E-state index contributed by atoms with van der Waals surface area (Å²) in [6.07, 6.45) is 3.64. The molecule has 0 aromatic rings. The number of carbonyl (C=O) groups excluding carboxylic acids is 1. The average Bonchev–Trinajstić information content (AvgIpc) is 2.30. The lowest BCUT2D eigenvalue weighted by Gasteiger charge is -2.32. The fourth-order valence-corrected chi connectivity index (χ4v) is 2.67. The number of hydrogen-bond donors (Lipinski definition) is 0. The highest BCUT2D eigenvalue weighted by Crippen LogP contribution is 2.49. The Hall–Kier alpha value is -0.330. The molecule has 0 amide bonds. The van der Waals surface area contributed by atoms with Gasteiger partial charge in [0.15, 0.2) is 0 Å². The van der Waals surface area contributed by atoms with Crippen LogP contribution in [0.2, 0.25) is 0 Å². The van der Waals surface area contributed by atoms with Crippen LogP contribution in [0.25, 0.3) is 0 Å². The molecule has 0 N–H and O–H groups in total. The van der Waals surface area contributed by atoms with Gasteiger partial charge in [-0.15, -0.1) is 0 Å². The molecule has 0 saturated heterocycles. The van der Waals surface area contributed by atoms with Crippen LogP contribution in [-0.2, 0) is 4.79 Å². The molecule has 0 aliphatic heterocycles. The molecule has 1 nitrogen and oxygen atoms in total. The van der Waals surface area contributed by atoms with Crippen molar-refractivity contribution in [2.24, 2.45) is 23.2 Å². The predicted molar refractivity (Wildman–Crippen MR) is 50.9 cm³/mol. The molecule has 3 unspecified atom stereocenters. The molecule has 12 heavy (non-hydrogen) atoms. The summed E-state index contributed by atoms with van der Waals surface area (Å²) in [6.45, 7) is 8.79. The molecule has 1 rings (SSSR count). The molecule has 1 saturated carbocycles. The molecule has 3 atom stereocenters. The highest BCUT2D eigenvalue weighted by atomic mass is 16.1. The van der Waals surface area contributed by atoms with Gasteiger partial charge in [-0.05, 0) is 30.6 Å². The van der Waals surface area contributed by atoms with Gasteiger partial charge in [0, 0.05) is 5.41 Å². The maximum atomic E-state index is 11.1. The van der Waals surface area contributed by atoms with Crippen molar-refractivity contribution in [2.75, 3.05) is 0 Å². The summed E-state index contributed by atoms with van der Waals surface area (Å²) in [4.78, 5) is 11.1. The maximum absolute atomic E-state index is 11.1. The number of rotatable bonds is 2. The predicted octanol–water partition coefficient (Wildman–Crippen LogP) is 2.89. The zero-order valence-electron chi connectivity index (χ0n) is 8.63. The van der Waals surface area contributed by atoms with Crippen LogP contribution in [0.4, 0.5) is 0 Å². The topological polar surface area (TPSA) is 17.1 Å². The van der Waals surface area contributed by atoms with Crippen molar-refractivity contribution >= 4 is 6.29 Å². The molecular formula is C11H20O. The Morgan fingerprint density at radius 3 is 2.33 bits per heavy atom. The smallest absolute Gasteiger partial charge is 0.126 e. The van der Waals surface area contributed by atoms with E-state index in [4.69, 9.17) is 0 Å². The monoisotopic (exact) mass is 168 g/mol. The molecule has 0 radical (unpaired) electrons. The molecule has 1 aliphatic carbocycles. The third-order valence-electron chi connectivity index (χ3n) is 3.83. The fourth-order valence-electron chi connectivity index (χ4n) is 2.67. The SMILES string of the molecule is CC(C)C1CCC(C)C1(C)C=O. The first-order valence-corrected chi connectivity index (χ1v) is 4.98. The van der Waals surface area contributed by atoms with Gasteiger partial charge in [0.05, 0.1) is 0 Å². The summed E-state index contributed by atoms with van der Waals surface area (Å²) in [5.41, 5.74) is -0.0475. The van der Waals surface area contributed by atoms with Gasteiger partial charge >= 0.3 is 0 Å². The largest absolute Gasteiger partial charge is 0.303 e. The molecule has 0 bridgehead atoms. The van der Waals surface area contributed by atoms with E-state index in [0.717, 1.165) is 0 Å². The normalized spacial score (nSPS) is 42.1. The van der Waals surface area contributed by atoms with E-state index in [-0.39, 0.29) is 5.41 Å². The Balaban J connectivity index is 2.84. The lowest BCUT2D eigenvalue weighted by Crippen LogP contribution is -2.31. The van der Waals surface area contributed by atoms with Crippen molar-refractivity contribution in [3.05, 3.63) is 0 Å². The molecular weight excluding hydrogens is 148 g/mol. The number of carbonyl (C=O) groups is 1. The van der Waals surface area contributed by atoms with Crippen molar-refractivity contribution in [1.82, 2.24) is 0 Å². The van der Waals surface area contributed by atoms with E-state index in [2.05, 4.69) is 27.7 Å². The van der Waals surface area contributed by atoms with E-state index >= 15 is 0 Å². The second-order valence-electron chi connectivity index (χ2n) is 4.81. The maximum Gasteiger partial charge on any atom is 0.126 e. The van der Waals surface area contributed by atoms with Crippen LogP contribution in [0.1, 0.15) is 40.5 Å². The Kier molecular flexibility index (Phi) is 2.60. The molecule has 0 spiro atoms. The average molecular weight is 168 g/mol. The van der Waals surface area contributed by atoms with E-state index in [1.165, 1.54) is 19.1 Å². The van der Waals surface area contributed by atoms with Gasteiger partial charge < -0.3 is 4.79 Å². The van der Waals surface area contributed by atoms with Crippen LogP contribution in [-0.4, -0.2) is 6.29 Å². The summed E-state index contributed by atoms with van der Waals surface area (Å²) in [5.74, 6) is 1.82. The fraction of sp³-hybridized carbons (Fsp3) is 0.909. The van der Waals surface area contributed by atoms with Crippen molar-refractivity contribution in [2.45, 2.75) is 40.5 Å². The van der Waals surface area contributed by atoms with E-state index in [9.17, 15) is 4.79 Å². The Bertz CT molecular complexity index is 174. The number of aldehydes is 1. The van der Waals surface area contributed by atoms with Crippen molar-refractivity contribution in [3.63, 3.8) is 0 Å². The van der Waals surface area contributed by atoms with E-state index < -0.39 is 0 Å². The van der Waals surface area contributed by atoms with Gasteiger partial charge in [-0.3, -0.25) is 0 Å². The first-order chi connectivity index (χ1) is 5.52. The zero-order chi connectivity index (χ0) is 9.35. The Labute approximate surface area is 75.5 Å². The van der Waals surface area contributed by atoms with Crippen LogP contribution in [0, 0.1) is 23.2 Å². The molecule has 1 heteroatoms. The summed E-state index contributed by atoms with van der Waals surface area (Å²) in [7, 11) is 0. The van der Waals surface area contributed by atoms with Gasteiger partial charge in [-0.1, -0.05) is 27.7 Å². The van der Waals surface area contributed by atoms with E-state index in [1.54, 1.807) is 0 Å². The van der Waals surface area contributed by atoms with Crippen LogP contribution >= 0.6 is 0 Å². The molecule has 70 valence electrons. The summed E-state index contributed by atoms with van der Waals surface area (Å²) >= 11 is 0. The highest BCUT2D eigenvalue weighted by molar-refractivity contribution is 5.60. The lowest BCUT2D eigenvalue weighted by atomic mass is 9.71. The summed E-state index contributed by atoms with van der Waals surface area (Å²) in [6, 6.07) is 0. The van der Waals surface area contributed by atoms with Gasteiger partial charge in [-0.2, -0.15) is 0 Å². The number of hydrogen-bond acceptors (Lipinski definition) is 1. The third kappa shape index (κ3) is 1.30. The molecule has 1 aliphatic rings. The second kappa shape index (κ2) is 3.20. The molecule has 0 aromatic heterocycles. The standard InChI is InChI=1S/C11H20O/c1-8(2)10-6-5-9(3)11(10,4)7-12/h7-10H,5-6H2,1-4H3. The van der Waals surface area contributed by atoms with Crippen molar-refractivity contribution in [1.29, 1.82) is 0 Å². The van der Waals surface area contributed by atoms with E-state index in [0.29, 0.717) is 17.8 Å². The van der Waals surface area contributed by atoms with Gasteiger partial charge in [0.1, 0.15) is 6.29 Å². The molecule has 1 fully saturated rings. The first-order valence-electron chi connectivity index (χ1n) is 4.98. The summed E-state index contributed by atoms with van der Waals surface area (Å²) < 4.78 is 0. The van der Waals surface area contributed by atoms with Crippen LogP contribution in [0.5, 0.6) is 0 Å². The first kappa shape index (κ1) is 9.76. The van der Waals surface area contributed by atoms with E-state index in [1.807, 2.05) is 0 Å². The minimum atomic E-state index is -0.0475. The summed E-state index contributed by atoms with van der Waals surface area (Å²) in [5, 5.41) is 0. The third-order valence-corrected chi connectivity index (χ3v) is 3.83. The quantitative estimate of drug-likeness (QED) is 0.579. The lowest BCUT2D eigenvalue weighted by molar-refractivity contribution is -0.119. The second-order valence-corrected chi connectivity index (χ2v) is 4.81. The van der Waals surface area contributed by atoms with Crippen LogP contribution in [0.3, 0.4) is 0 Å². The molecule has 0 aromatic carbocycles. The van der Waals surface area contributed by atoms with Crippen molar-refractivity contribution in [3.8, 4) is 0 Å².